The van der Waals surface area contributed by atoms with Crippen molar-refractivity contribution in [2.24, 2.45) is 0 Å². The van der Waals surface area contributed by atoms with Gasteiger partial charge in [-0.15, -0.1) is 0 Å². The molecule has 1 atom stereocenters. The number of imide groups is 1. The fourth-order valence-electron chi connectivity index (χ4n) is 8.76. The molecule has 61 heavy (non-hydrogen) atoms. The first-order valence-electron chi connectivity index (χ1n) is 21.1. The molecule has 13 nitrogen and oxygen atoms in total. The van der Waals surface area contributed by atoms with Crippen LogP contribution in [-0.4, -0.2) is 95.9 Å². The molecule has 0 radical (unpaired) electrons. The van der Waals surface area contributed by atoms with Crippen LogP contribution >= 0.6 is 0 Å². The Bertz CT molecular complexity index is 2560. The molecule has 0 aliphatic carbocycles. The van der Waals surface area contributed by atoms with E-state index in [-0.39, 0.29) is 29.8 Å². The zero-order valence-corrected chi connectivity index (χ0v) is 33.8. The highest BCUT2D eigenvalue weighted by Crippen LogP contribution is 2.31. The van der Waals surface area contributed by atoms with E-state index in [2.05, 4.69) is 53.4 Å². The maximum atomic E-state index is 14.0. The minimum Gasteiger partial charge on any atom is -0.385 e. The lowest BCUT2D eigenvalue weighted by atomic mass is 10.0. The fourth-order valence-corrected chi connectivity index (χ4v) is 8.76. The first kappa shape index (κ1) is 40.1. The van der Waals surface area contributed by atoms with Crippen LogP contribution in [0.15, 0.2) is 85.1 Å². The molecule has 6 aromatic rings. The van der Waals surface area contributed by atoms with E-state index >= 15 is 0 Å². The second-order valence-electron chi connectivity index (χ2n) is 16.2. The minimum absolute atomic E-state index is 0.170. The number of carbonyl (C=O) groups excluding carboxylic acids is 3. The molecule has 4 aromatic carbocycles. The molecule has 5 N–H and O–H groups in total. The van der Waals surface area contributed by atoms with Crippen molar-refractivity contribution in [3.63, 3.8) is 0 Å². The van der Waals surface area contributed by atoms with Crippen molar-refractivity contribution in [3.8, 4) is 0 Å². The zero-order valence-electron chi connectivity index (χ0n) is 33.8. The molecular formula is C46H49F2N9O4. The van der Waals surface area contributed by atoms with Crippen LogP contribution in [0.2, 0.25) is 0 Å². The number of ether oxygens (including phenoxy) is 1. The predicted octanol–water partition coefficient (Wildman–Crippen LogP) is 6.83. The average Bonchev–Trinajstić information content (AvgIpc) is 3.86. The molecule has 3 aliphatic heterocycles. The fraction of sp³-hybridized carbons (Fsp3) is 0.348. The number of carbonyl (C=O) groups is 3. The molecule has 9 rings (SSSR count). The van der Waals surface area contributed by atoms with E-state index in [0.29, 0.717) is 54.8 Å². The predicted molar refractivity (Wildman–Crippen MR) is 232 cm³/mol. The first-order chi connectivity index (χ1) is 29.7. The number of piperazine rings is 1. The third-order valence-electron chi connectivity index (χ3n) is 12.0. The summed E-state index contributed by atoms with van der Waals surface area (Å²) in [5.74, 6) is -1.63. The SMILES string of the molecule is O=C1CCC(n2ccc3cc(NCCCN4CCN(c5ccc(C(=O)Nc6n[nH]c7ccc(Cc8cc(F)cc(F)c8)cc67)c(NC6CCOCC6)c5)CC4)ccc32)C(=O)N1. The van der Waals surface area contributed by atoms with Crippen LogP contribution in [-0.2, 0) is 20.7 Å². The quantitative estimate of drug-likeness (QED) is 0.0624. The number of nitrogens with one attached hydrogen (secondary N) is 5. The highest BCUT2D eigenvalue weighted by atomic mass is 19.1. The van der Waals surface area contributed by atoms with E-state index in [1.54, 1.807) is 0 Å². The minimum atomic E-state index is -0.624. The van der Waals surface area contributed by atoms with Crippen molar-refractivity contribution in [3.05, 3.63) is 113 Å². The molecule has 0 bridgehead atoms. The van der Waals surface area contributed by atoms with E-state index in [4.69, 9.17) is 4.74 Å². The van der Waals surface area contributed by atoms with Gasteiger partial charge in [-0.3, -0.25) is 29.7 Å². The molecule has 15 heteroatoms. The maximum Gasteiger partial charge on any atom is 0.258 e. The summed E-state index contributed by atoms with van der Waals surface area (Å²) in [4.78, 5) is 42.9. The van der Waals surface area contributed by atoms with Crippen molar-refractivity contribution in [1.82, 2.24) is 25.0 Å². The second kappa shape index (κ2) is 17.7. The Labute approximate surface area is 351 Å². The lowest BCUT2D eigenvalue weighted by molar-refractivity contribution is -0.135. The number of H-pyrrole nitrogens is 1. The molecule has 1 unspecified atom stereocenters. The second-order valence-corrected chi connectivity index (χ2v) is 16.2. The summed E-state index contributed by atoms with van der Waals surface area (Å²) < 4.78 is 35.3. The highest BCUT2D eigenvalue weighted by molar-refractivity contribution is 6.11. The largest absolute Gasteiger partial charge is 0.385 e. The summed E-state index contributed by atoms with van der Waals surface area (Å²) >= 11 is 0. The van der Waals surface area contributed by atoms with Crippen molar-refractivity contribution in [2.75, 3.05) is 73.3 Å². The molecule has 3 aliphatic rings. The van der Waals surface area contributed by atoms with Gasteiger partial charge in [-0.1, -0.05) is 6.07 Å². The van der Waals surface area contributed by atoms with Crippen molar-refractivity contribution in [1.29, 1.82) is 0 Å². The molecule has 0 spiro atoms. The molecule has 3 amide bonds. The molecule has 316 valence electrons. The monoisotopic (exact) mass is 829 g/mol. The lowest BCUT2D eigenvalue weighted by Crippen LogP contribution is -2.46. The van der Waals surface area contributed by atoms with Gasteiger partial charge in [-0.2, -0.15) is 5.10 Å². The number of halogens is 2. The number of benzene rings is 4. The zero-order chi connectivity index (χ0) is 41.9. The van der Waals surface area contributed by atoms with E-state index < -0.39 is 11.6 Å². The smallest absolute Gasteiger partial charge is 0.258 e. The summed E-state index contributed by atoms with van der Waals surface area (Å²) in [6.07, 6.45) is 5.76. The Morgan fingerprint density at radius 1 is 0.869 bits per heavy atom. The number of rotatable bonds is 13. The van der Waals surface area contributed by atoms with Crippen LogP contribution in [0, 0.1) is 11.6 Å². The summed E-state index contributed by atoms with van der Waals surface area (Å²) in [5, 5.41) is 21.8. The Morgan fingerprint density at radius 2 is 1.69 bits per heavy atom. The summed E-state index contributed by atoms with van der Waals surface area (Å²) in [6.45, 7) is 6.69. The topological polar surface area (TPSA) is 149 Å². The summed E-state index contributed by atoms with van der Waals surface area (Å²) in [5.41, 5.74) is 6.40. The van der Waals surface area contributed by atoms with Gasteiger partial charge in [0.1, 0.15) is 17.7 Å². The summed E-state index contributed by atoms with van der Waals surface area (Å²) in [7, 11) is 0. The molecule has 3 saturated heterocycles. The number of anilines is 4. The number of aromatic nitrogens is 3. The van der Waals surface area contributed by atoms with Gasteiger partial charge in [0.15, 0.2) is 5.82 Å². The Kier molecular flexibility index (Phi) is 11.7. The summed E-state index contributed by atoms with van der Waals surface area (Å²) in [6, 6.07) is 23.1. The third-order valence-corrected chi connectivity index (χ3v) is 12.0. The van der Waals surface area contributed by atoms with Gasteiger partial charge in [0.2, 0.25) is 11.8 Å². The average molecular weight is 830 g/mol. The third kappa shape index (κ3) is 9.22. The first-order valence-corrected chi connectivity index (χ1v) is 21.1. The normalized spacial score (nSPS) is 17.8. The molecule has 2 aromatic heterocycles. The molecule has 0 saturated carbocycles. The number of nitrogens with zero attached hydrogens (tertiary/aromatic N) is 4. The van der Waals surface area contributed by atoms with Crippen molar-refractivity contribution < 1.29 is 27.9 Å². The Hall–Kier alpha value is -6.32. The van der Waals surface area contributed by atoms with Crippen LogP contribution in [0.1, 0.15) is 59.6 Å². The van der Waals surface area contributed by atoms with Crippen LogP contribution in [0.25, 0.3) is 21.8 Å². The van der Waals surface area contributed by atoms with Gasteiger partial charge in [-0.05, 0) is 117 Å². The van der Waals surface area contributed by atoms with E-state index in [9.17, 15) is 23.2 Å². The number of fused-ring (bicyclic) bond motifs is 2. The van der Waals surface area contributed by atoms with Crippen molar-refractivity contribution >= 4 is 62.4 Å². The number of aromatic amines is 1. The Morgan fingerprint density at radius 3 is 2.49 bits per heavy atom. The van der Waals surface area contributed by atoms with Gasteiger partial charge in [0.25, 0.3) is 5.91 Å². The lowest BCUT2D eigenvalue weighted by Gasteiger charge is -2.36. The molecule has 3 fully saturated rings. The van der Waals surface area contributed by atoms with Gasteiger partial charge in [0, 0.05) is 104 Å². The number of hydrogen-bond donors (Lipinski definition) is 5. The molecule has 5 heterocycles. The van der Waals surface area contributed by atoms with E-state index in [1.165, 1.54) is 12.1 Å². The van der Waals surface area contributed by atoms with Gasteiger partial charge in [0.05, 0.1) is 11.1 Å². The number of amides is 3. The van der Waals surface area contributed by atoms with Crippen LogP contribution in [0.4, 0.5) is 31.7 Å². The van der Waals surface area contributed by atoms with Gasteiger partial charge in [-0.25, -0.2) is 8.78 Å². The van der Waals surface area contributed by atoms with Crippen molar-refractivity contribution in [2.45, 2.75) is 50.6 Å². The van der Waals surface area contributed by atoms with Crippen LogP contribution in [0.5, 0.6) is 0 Å². The van der Waals surface area contributed by atoms with Gasteiger partial charge < -0.3 is 30.2 Å². The Balaban J connectivity index is 0.808. The number of hydrogen-bond acceptors (Lipinski definition) is 9. The van der Waals surface area contributed by atoms with Crippen LogP contribution < -0.4 is 26.2 Å². The molecular weight excluding hydrogens is 781 g/mol. The maximum absolute atomic E-state index is 14.0. The van der Waals surface area contributed by atoms with Crippen LogP contribution in [0.3, 0.4) is 0 Å². The standard InChI is InChI=1S/C46H49F2N9O4/c47-32-23-30(24-33(48)27-32)22-29-2-6-39-38(25-29)44(54-53-39)52-45(59)37-5-4-36(28-40(37)50-34-11-20-61-21-12-34)56-18-16-55(17-19-56)14-1-13-49-35-3-7-41-31(26-35)10-15-57(41)42-8-9-43(58)51-46(42)60/h2-7,10,15,23-28,34,42,49-50H,1,8-9,11-14,16-22H2,(H,51,58,60)(H2,52,53,54,59). The van der Waals surface area contributed by atoms with E-state index in [1.807, 2.05) is 59.3 Å². The number of piperidine rings is 1. The van der Waals surface area contributed by atoms with E-state index in [0.717, 1.165) is 104 Å². The van der Waals surface area contributed by atoms with Gasteiger partial charge >= 0.3 is 0 Å². The highest BCUT2D eigenvalue weighted by Gasteiger charge is 2.29.